The number of benzene rings is 2. The van der Waals surface area contributed by atoms with Gasteiger partial charge in [0.25, 0.3) is 5.89 Å². The Labute approximate surface area is 203 Å². The molecule has 3 heterocycles. The number of ether oxygens (including phenoxy) is 3. The van der Waals surface area contributed by atoms with Gasteiger partial charge in [0.15, 0.2) is 11.5 Å². The highest BCUT2D eigenvalue weighted by Gasteiger charge is 2.36. The third-order valence-corrected chi connectivity index (χ3v) is 6.24. The van der Waals surface area contributed by atoms with Crippen LogP contribution in [0.1, 0.15) is 44.7 Å². The van der Waals surface area contributed by atoms with Crippen molar-refractivity contribution >= 4 is 11.6 Å². The quantitative estimate of drug-likeness (QED) is 0.511. The van der Waals surface area contributed by atoms with Crippen LogP contribution >= 0.6 is 0 Å². The molecule has 1 aromatic heterocycles. The Hall–Kier alpha value is -4.01. The van der Waals surface area contributed by atoms with Gasteiger partial charge in [-0.1, -0.05) is 31.1 Å². The molecule has 2 amide bonds. The summed E-state index contributed by atoms with van der Waals surface area (Å²) in [5, 5.41) is 7.36. The summed E-state index contributed by atoms with van der Waals surface area (Å²) in [6.07, 6.45) is 0.869. The largest absolute Gasteiger partial charge is 0.497 e. The van der Waals surface area contributed by atoms with Crippen LogP contribution in [0, 0.1) is 5.92 Å². The topological polar surface area (TPSA) is 99.0 Å². The van der Waals surface area contributed by atoms with Crippen LogP contribution in [-0.4, -0.2) is 41.5 Å². The number of carbonyl (C=O) groups excluding carboxylic acids is 1. The summed E-state index contributed by atoms with van der Waals surface area (Å²) in [6, 6.07) is 12.5. The van der Waals surface area contributed by atoms with Crippen LogP contribution in [0.25, 0.3) is 17.0 Å². The Morgan fingerprint density at radius 3 is 2.80 bits per heavy atom. The molecule has 1 atom stereocenters. The Kier molecular flexibility index (Phi) is 6.07. The Morgan fingerprint density at radius 1 is 1.17 bits per heavy atom. The molecule has 9 heteroatoms. The van der Waals surface area contributed by atoms with Crippen molar-refractivity contribution in [3.05, 3.63) is 59.6 Å². The zero-order chi connectivity index (χ0) is 24.5. The molecule has 0 fully saturated rings. The molecule has 0 saturated carbocycles. The fourth-order valence-electron chi connectivity index (χ4n) is 4.27. The van der Waals surface area contributed by atoms with E-state index in [9.17, 15) is 4.79 Å². The number of hydrogen-bond donors (Lipinski definition) is 1. The number of carbonyl (C=O) groups is 1. The zero-order valence-corrected chi connectivity index (χ0v) is 20.2. The maximum Gasteiger partial charge on any atom is 0.322 e. The summed E-state index contributed by atoms with van der Waals surface area (Å²) < 4.78 is 22.1. The standard InChI is InChI=1S/C26H28N4O5/c1-15(2)10-11-30-16(3)22(23(27-26(30)31)17-6-5-7-19(12-17)32-4)25-28-24(29-35-25)18-8-9-20-21(13-18)34-14-33-20/h5-9,12-13,15,23H,10-11,14H2,1-4H3,(H,27,31). The van der Waals surface area contributed by atoms with E-state index in [4.69, 9.17) is 23.7 Å². The van der Waals surface area contributed by atoms with Crippen LogP contribution in [-0.2, 0) is 0 Å². The second kappa shape index (κ2) is 9.32. The molecule has 0 aliphatic carbocycles. The molecular weight excluding hydrogens is 448 g/mol. The van der Waals surface area contributed by atoms with Crippen molar-refractivity contribution in [3.8, 4) is 28.6 Å². The van der Waals surface area contributed by atoms with Gasteiger partial charge in [-0.25, -0.2) is 4.79 Å². The molecule has 1 unspecified atom stereocenters. The molecule has 1 N–H and O–H groups in total. The molecule has 3 aromatic rings. The minimum Gasteiger partial charge on any atom is -0.497 e. The van der Waals surface area contributed by atoms with Crippen molar-refractivity contribution in [2.24, 2.45) is 5.92 Å². The van der Waals surface area contributed by atoms with Gasteiger partial charge in [0, 0.05) is 17.8 Å². The monoisotopic (exact) mass is 476 g/mol. The maximum atomic E-state index is 13.1. The van der Waals surface area contributed by atoms with E-state index in [2.05, 4.69) is 24.3 Å². The van der Waals surface area contributed by atoms with Crippen molar-refractivity contribution in [1.82, 2.24) is 20.4 Å². The highest BCUT2D eigenvalue weighted by molar-refractivity contribution is 5.87. The summed E-state index contributed by atoms with van der Waals surface area (Å²) in [6.45, 7) is 6.97. The molecule has 0 radical (unpaired) electrons. The molecule has 2 aromatic carbocycles. The van der Waals surface area contributed by atoms with Crippen LogP contribution in [0.2, 0.25) is 0 Å². The lowest BCUT2D eigenvalue weighted by molar-refractivity contribution is 0.174. The van der Waals surface area contributed by atoms with Gasteiger partial charge in [-0.05, 0) is 55.2 Å². The molecule has 35 heavy (non-hydrogen) atoms. The smallest absolute Gasteiger partial charge is 0.322 e. The minimum atomic E-state index is -0.474. The molecule has 0 spiro atoms. The SMILES string of the molecule is COc1cccc(C2NC(=O)N(CCC(C)C)C(C)=C2c2nc(-c3ccc4c(c3)OCO4)no2)c1. The van der Waals surface area contributed by atoms with E-state index in [1.54, 1.807) is 12.0 Å². The van der Waals surface area contributed by atoms with E-state index in [-0.39, 0.29) is 12.8 Å². The predicted molar refractivity (Wildman–Crippen MR) is 129 cm³/mol. The first-order valence-electron chi connectivity index (χ1n) is 11.6. The Balaban J connectivity index is 1.56. The number of hydrogen-bond acceptors (Lipinski definition) is 7. The van der Waals surface area contributed by atoms with E-state index in [1.807, 2.05) is 49.4 Å². The Morgan fingerprint density at radius 2 is 2.00 bits per heavy atom. The molecule has 0 saturated heterocycles. The van der Waals surface area contributed by atoms with Crippen LogP contribution in [0.3, 0.4) is 0 Å². The molecule has 182 valence electrons. The van der Waals surface area contributed by atoms with E-state index < -0.39 is 6.04 Å². The number of nitrogens with zero attached hydrogens (tertiary/aromatic N) is 3. The fraction of sp³-hybridized carbons (Fsp3) is 0.346. The van der Waals surface area contributed by atoms with Gasteiger partial charge >= 0.3 is 6.03 Å². The van der Waals surface area contributed by atoms with E-state index in [1.165, 1.54) is 0 Å². The summed E-state index contributed by atoms with van der Waals surface area (Å²) in [5.74, 6) is 3.25. The number of nitrogens with one attached hydrogen (secondary N) is 1. The van der Waals surface area contributed by atoms with Crippen LogP contribution in [0.15, 0.2) is 52.7 Å². The van der Waals surface area contributed by atoms with Crippen LogP contribution in [0.5, 0.6) is 17.2 Å². The van der Waals surface area contributed by atoms with Crippen LogP contribution < -0.4 is 19.5 Å². The van der Waals surface area contributed by atoms with Gasteiger partial charge < -0.3 is 24.1 Å². The van der Waals surface area contributed by atoms with Crippen molar-refractivity contribution in [2.45, 2.75) is 33.2 Å². The number of rotatable bonds is 7. The van der Waals surface area contributed by atoms with Gasteiger partial charge in [-0.3, -0.25) is 4.90 Å². The van der Waals surface area contributed by atoms with Crippen molar-refractivity contribution < 1.29 is 23.5 Å². The average molecular weight is 477 g/mol. The van der Waals surface area contributed by atoms with E-state index >= 15 is 0 Å². The second-order valence-electron chi connectivity index (χ2n) is 8.98. The maximum absolute atomic E-state index is 13.1. The number of fused-ring (bicyclic) bond motifs is 1. The number of urea groups is 1. The van der Waals surface area contributed by atoms with Gasteiger partial charge in [0.05, 0.1) is 18.7 Å². The summed E-state index contributed by atoms with van der Waals surface area (Å²) in [7, 11) is 1.61. The first kappa shape index (κ1) is 22.8. The van der Waals surface area contributed by atoms with E-state index in [0.29, 0.717) is 41.4 Å². The summed E-state index contributed by atoms with van der Waals surface area (Å²) in [5.41, 5.74) is 3.14. The highest BCUT2D eigenvalue weighted by atomic mass is 16.7. The third kappa shape index (κ3) is 4.41. The van der Waals surface area contributed by atoms with Gasteiger partial charge in [0.2, 0.25) is 12.6 Å². The number of allylic oxidation sites excluding steroid dienone is 1. The molecule has 9 nitrogen and oxygen atoms in total. The lowest BCUT2D eigenvalue weighted by Crippen LogP contribution is -2.46. The molecule has 2 aliphatic rings. The van der Waals surface area contributed by atoms with Gasteiger partial charge in [0.1, 0.15) is 5.75 Å². The molecular formula is C26H28N4O5. The predicted octanol–water partition coefficient (Wildman–Crippen LogP) is 5.02. The van der Waals surface area contributed by atoms with Gasteiger partial charge in [-0.2, -0.15) is 4.98 Å². The second-order valence-corrected chi connectivity index (χ2v) is 8.98. The summed E-state index contributed by atoms with van der Waals surface area (Å²) in [4.78, 5) is 19.6. The van der Waals surface area contributed by atoms with Gasteiger partial charge in [-0.15, -0.1) is 0 Å². The highest BCUT2D eigenvalue weighted by Crippen LogP contribution is 2.39. The first-order chi connectivity index (χ1) is 16.9. The number of aromatic nitrogens is 2. The number of methoxy groups -OCH3 is 1. The number of amides is 2. The Bertz CT molecular complexity index is 1280. The lowest BCUT2D eigenvalue weighted by Gasteiger charge is -2.35. The van der Waals surface area contributed by atoms with Crippen LogP contribution in [0.4, 0.5) is 4.79 Å². The molecule has 2 aliphatic heterocycles. The lowest BCUT2D eigenvalue weighted by atomic mass is 9.94. The third-order valence-electron chi connectivity index (χ3n) is 6.24. The van der Waals surface area contributed by atoms with Crippen molar-refractivity contribution in [3.63, 3.8) is 0 Å². The normalized spacial score (nSPS) is 17.2. The summed E-state index contributed by atoms with van der Waals surface area (Å²) >= 11 is 0. The van der Waals surface area contributed by atoms with E-state index in [0.717, 1.165) is 28.8 Å². The first-order valence-corrected chi connectivity index (χ1v) is 11.6. The van der Waals surface area contributed by atoms with Crippen molar-refractivity contribution in [1.29, 1.82) is 0 Å². The zero-order valence-electron chi connectivity index (χ0n) is 20.2. The van der Waals surface area contributed by atoms with Crippen molar-refractivity contribution in [2.75, 3.05) is 20.4 Å². The minimum absolute atomic E-state index is 0.157. The molecule has 0 bridgehead atoms. The average Bonchev–Trinajstić information content (AvgIpc) is 3.52. The fourth-order valence-corrected chi connectivity index (χ4v) is 4.27. The molecule has 5 rings (SSSR count).